The Morgan fingerprint density at radius 2 is 1.38 bits per heavy atom. The van der Waals surface area contributed by atoms with Gasteiger partial charge >= 0.3 is 6.03 Å². The minimum atomic E-state index is -0.247. The van der Waals surface area contributed by atoms with Gasteiger partial charge in [-0.15, -0.1) is 0 Å². The van der Waals surface area contributed by atoms with Gasteiger partial charge in [0.15, 0.2) is 0 Å². The van der Waals surface area contributed by atoms with E-state index in [0.717, 1.165) is 16.9 Å². The number of hydrogen-bond donors (Lipinski definition) is 3. The molecule has 0 bridgehead atoms. The van der Waals surface area contributed by atoms with Gasteiger partial charge in [-0.05, 0) is 49.2 Å². The molecule has 0 heterocycles. The molecule has 6 heteroatoms. The average Bonchev–Trinajstić information content (AvgIpc) is 2.65. The SMILES string of the molecule is CNC(=O)c1ccc(CNC(=O)NCc2ccc(OC(C)C)cc2)cc1. The highest BCUT2D eigenvalue weighted by Gasteiger charge is 2.04. The summed E-state index contributed by atoms with van der Waals surface area (Å²) in [5.74, 6) is 0.681. The third-order valence-electron chi connectivity index (χ3n) is 3.64. The molecule has 0 unspecified atom stereocenters. The summed E-state index contributed by atoms with van der Waals surface area (Å²) in [5, 5.41) is 8.18. The fourth-order valence-corrected chi connectivity index (χ4v) is 2.30. The highest BCUT2D eigenvalue weighted by Crippen LogP contribution is 2.13. The largest absolute Gasteiger partial charge is 0.491 e. The van der Waals surface area contributed by atoms with Crippen LogP contribution in [0.1, 0.15) is 35.3 Å². The summed E-state index contributed by atoms with van der Waals surface area (Å²) < 4.78 is 5.59. The molecule has 2 aromatic carbocycles. The lowest BCUT2D eigenvalue weighted by atomic mass is 10.1. The summed E-state index contributed by atoms with van der Waals surface area (Å²) in [6, 6.07) is 14.5. The van der Waals surface area contributed by atoms with Crippen molar-refractivity contribution in [3.05, 3.63) is 65.2 Å². The quantitative estimate of drug-likeness (QED) is 0.714. The third-order valence-corrected chi connectivity index (χ3v) is 3.64. The molecule has 0 aliphatic rings. The first-order chi connectivity index (χ1) is 12.5. The first-order valence-electron chi connectivity index (χ1n) is 8.56. The van der Waals surface area contributed by atoms with E-state index in [1.807, 2.05) is 50.2 Å². The van der Waals surface area contributed by atoms with Crippen LogP contribution in [-0.2, 0) is 13.1 Å². The number of carbonyl (C=O) groups excluding carboxylic acids is 2. The maximum absolute atomic E-state index is 11.9. The van der Waals surface area contributed by atoms with E-state index in [1.165, 1.54) is 0 Å². The predicted molar refractivity (Wildman–Crippen MR) is 101 cm³/mol. The first-order valence-corrected chi connectivity index (χ1v) is 8.56. The van der Waals surface area contributed by atoms with Crippen LogP contribution in [0, 0.1) is 0 Å². The molecule has 0 saturated carbocycles. The van der Waals surface area contributed by atoms with Gasteiger partial charge in [-0.3, -0.25) is 4.79 Å². The van der Waals surface area contributed by atoms with Crippen LogP contribution < -0.4 is 20.7 Å². The van der Waals surface area contributed by atoms with E-state index in [0.29, 0.717) is 18.7 Å². The highest BCUT2D eigenvalue weighted by atomic mass is 16.5. The Kier molecular flexibility index (Phi) is 7.02. The van der Waals surface area contributed by atoms with E-state index >= 15 is 0 Å². The average molecular weight is 355 g/mol. The number of urea groups is 1. The Bertz CT molecular complexity index is 725. The van der Waals surface area contributed by atoms with Crippen molar-refractivity contribution >= 4 is 11.9 Å². The standard InChI is InChI=1S/C20H25N3O3/c1-14(2)26-18-10-6-16(7-11-18)13-23-20(25)22-12-15-4-8-17(9-5-15)19(24)21-3/h4-11,14H,12-13H2,1-3H3,(H,21,24)(H2,22,23,25). The van der Waals surface area contributed by atoms with Gasteiger partial charge < -0.3 is 20.7 Å². The van der Waals surface area contributed by atoms with Crippen molar-refractivity contribution in [1.29, 1.82) is 0 Å². The second-order valence-corrected chi connectivity index (χ2v) is 6.12. The molecule has 138 valence electrons. The molecule has 0 saturated heterocycles. The van der Waals surface area contributed by atoms with Crippen LogP contribution in [0.3, 0.4) is 0 Å². The van der Waals surface area contributed by atoms with Crippen molar-refractivity contribution in [3.8, 4) is 5.75 Å². The smallest absolute Gasteiger partial charge is 0.315 e. The van der Waals surface area contributed by atoms with Gasteiger partial charge in [0.25, 0.3) is 5.91 Å². The van der Waals surface area contributed by atoms with Crippen molar-refractivity contribution in [3.63, 3.8) is 0 Å². The normalized spacial score (nSPS) is 10.3. The zero-order valence-electron chi connectivity index (χ0n) is 15.3. The maximum atomic E-state index is 11.9. The number of hydrogen-bond acceptors (Lipinski definition) is 3. The van der Waals surface area contributed by atoms with E-state index < -0.39 is 0 Å². The molecule has 0 aliphatic carbocycles. The highest BCUT2D eigenvalue weighted by molar-refractivity contribution is 5.93. The molecular formula is C20H25N3O3. The van der Waals surface area contributed by atoms with Crippen LogP contribution in [0.5, 0.6) is 5.75 Å². The molecule has 0 aliphatic heterocycles. The van der Waals surface area contributed by atoms with E-state index in [1.54, 1.807) is 19.2 Å². The lowest BCUT2D eigenvalue weighted by molar-refractivity contribution is 0.0963. The molecule has 2 rings (SSSR count). The molecule has 0 fully saturated rings. The fraction of sp³-hybridized carbons (Fsp3) is 0.300. The van der Waals surface area contributed by atoms with Crippen molar-refractivity contribution in [2.45, 2.75) is 33.0 Å². The number of nitrogens with one attached hydrogen (secondary N) is 3. The van der Waals surface area contributed by atoms with Crippen LogP contribution in [0.2, 0.25) is 0 Å². The number of rotatable bonds is 7. The third kappa shape index (κ3) is 6.12. The molecule has 0 aromatic heterocycles. The molecule has 2 aromatic rings. The molecular weight excluding hydrogens is 330 g/mol. The van der Waals surface area contributed by atoms with Gasteiger partial charge in [-0.1, -0.05) is 24.3 Å². The van der Waals surface area contributed by atoms with Crippen molar-refractivity contribution < 1.29 is 14.3 Å². The zero-order valence-corrected chi connectivity index (χ0v) is 15.3. The molecule has 3 N–H and O–H groups in total. The van der Waals surface area contributed by atoms with Gasteiger partial charge in [-0.2, -0.15) is 0 Å². The monoisotopic (exact) mass is 355 g/mol. The van der Waals surface area contributed by atoms with E-state index in [9.17, 15) is 9.59 Å². The minimum Gasteiger partial charge on any atom is -0.491 e. The first kappa shape index (κ1) is 19.3. The zero-order chi connectivity index (χ0) is 18.9. The van der Waals surface area contributed by atoms with Crippen LogP contribution in [-0.4, -0.2) is 25.1 Å². The maximum Gasteiger partial charge on any atom is 0.315 e. The van der Waals surface area contributed by atoms with Crippen LogP contribution in [0.15, 0.2) is 48.5 Å². The van der Waals surface area contributed by atoms with Gasteiger partial charge in [0.1, 0.15) is 5.75 Å². The van der Waals surface area contributed by atoms with Crippen LogP contribution in [0.25, 0.3) is 0 Å². The second-order valence-electron chi connectivity index (χ2n) is 6.12. The topological polar surface area (TPSA) is 79.5 Å². The van der Waals surface area contributed by atoms with Crippen LogP contribution in [0.4, 0.5) is 4.79 Å². The number of ether oxygens (including phenoxy) is 1. The lowest BCUT2D eigenvalue weighted by Crippen LogP contribution is -2.34. The van der Waals surface area contributed by atoms with E-state index in [4.69, 9.17) is 4.74 Å². The Morgan fingerprint density at radius 3 is 1.85 bits per heavy atom. The van der Waals surface area contributed by atoms with Gasteiger partial charge in [0.2, 0.25) is 0 Å². The van der Waals surface area contributed by atoms with Crippen molar-refractivity contribution in [2.75, 3.05) is 7.05 Å². The summed E-state index contributed by atoms with van der Waals surface area (Å²) >= 11 is 0. The summed E-state index contributed by atoms with van der Waals surface area (Å²) in [6.45, 7) is 4.78. The van der Waals surface area contributed by atoms with Crippen molar-refractivity contribution in [2.24, 2.45) is 0 Å². The van der Waals surface area contributed by atoms with Gasteiger partial charge in [0.05, 0.1) is 6.10 Å². The van der Waals surface area contributed by atoms with Crippen LogP contribution >= 0.6 is 0 Å². The number of carbonyl (C=O) groups is 2. The summed E-state index contributed by atoms with van der Waals surface area (Å²) in [5.41, 5.74) is 2.50. The Hall–Kier alpha value is -3.02. The van der Waals surface area contributed by atoms with Gasteiger partial charge in [0, 0.05) is 25.7 Å². The molecule has 0 radical (unpaired) electrons. The van der Waals surface area contributed by atoms with E-state index in [-0.39, 0.29) is 18.0 Å². The molecule has 0 spiro atoms. The number of benzene rings is 2. The predicted octanol–water partition coefficient (Wildman–Crippen LogP) is 2.83. The lowest BCUT2D eigenvalue weighted by Gasteiger charge is -2.11. The Balaban J connectivity index is 1.75. The second kappa shape index (κ2) is 9.46. The number of amides is 3. The van der Waals surface area contributed by atoms with E-state index in [2.05, 4.69) is 16.0 Å². The molecule has 3 amide bonds. The van der Waals surface area contributed by atoms with Gasteiger partial charge in [-0.25, -0.2) is 4.79 Å². The summed E-state index contributed by atoms with van der Waals surface area (Å²) in [7, 11) is 1.59. The minimum absolute atomic E-state index is 0.132. The molecule has 6 nitrogen and oxygen atoms in total. The molecule has 0 atom stereocenters. The summed E-state index contributed by atoms with van der Waals surface area (Å²) in [4.78, 5) is 23.4. The Morgan fingerprint density at radius 1 is 0.885 bits per heavy atom. The fourth-order valence-electron chi connectivity index (χ4n) is 2.30. The summed E-state index contributed by atoms with van der Waals surface area (Å²) in [6.07, 6.45) is 0.134. The van der Waals surface area contributed by atoms with Crippen molar-refractivity contribution in [1.82, 2.24) is 16.0 Å². The Labute approximate surface area is 153 Å². The molecule has 26 heavy (non-hydrogen) atoms.